The van der Waals surface area contributed by atoms with E-state index >= 15 is 0 Å². The molecule has 1 heterocycles. The molecule has 0 fully saturated rings. The van der Waals surface area contributed by atoms with Crippen LogP contribution >= 0.6 is 23.2 Å². The highest BCUT2D eigenvalue weighted by atomic mass is 35.5. The van der Waals surface area contributed by atoms with Gasteiger partial charge in [0.05, 0.1) is 11.6 Å². The van der Waals surface area contributed by atoms with Gasteiger partial charge in [0.1, 0.15) is 10.9 Å². The van der Waals surface area contributed by atoms with Crippen LogP contribution in [0, 0.1) is 0 Å². The van der Waals surface area contributed by atoms with Crippen molar-refractivity contribution in [2.75, 3.05) is 6.61 Å². The van der Waals surface area contributed by atoms with E-state index in [-0.39, 0.29) is 0 Å². The molecule has 0 aliphatic heterocycles. The molecule has 88 valence electrons. The monoisotopic (exact) mass is 267 g/mol. The second kappa shape index (κ2) is 5.39. The zero-order valence-electron chi connectivity index (χ0n) is 9.28. The minimum Gasteiger partial charge on any atom is -0.492 e. The van der Waals surface area contributed by atoms with Gasteiger partial charge in [-0.15, -0.1) is 0 Å². The molecule has 0 unspecified atom stereocenters. The van der Waals surface area contributed by atoms with E-state index in [1.807, 2.05) is 31.2 Å². The average Bonchev–Trinajstić information content (AvgIpc) is 2.32. The quantitative estimate of drug-likeness (QED) is 0.767. The molecule has 0 bridgehead atoms. The number of nitrogens with zero attached hydrogens (tertiary/aromatic N) is 1. The van der Waals surface area contributed by atoms with Gasteiger partial charge in [0.25, 0.3) is 0 Å². The van der Waals surface area contributed by atoms with Crippen molar-refractivity contribution >= 4 is 23.2 Å². The van der Waals surface area contributed by atoms with Crippen LogP contribution in [0.3, 0.4) is 0 Å². The number of pyridine rings is 1. The summed E-state index contributed by atoms with van der Waals surface area (Å²) in [4.78, 5) is 3.94. The first-order valence-electron chi connectivity index (χ1n) is 5.25. The topological polar surface area (TPSA) is 22.1 Å². The highest BCUT2D eigenvalue weighted by Gasteiger charge is 2.04. The molecule has 4 heteroatoms. The minimum atomic E-state index is 0.465. The summed E-state index contributed by atoms with van der Waals surface area (Å²) < 4.78 is 5.38. The molecule has 2 aromatic rings. The molecule has 1 aromatic carbocycles. The molecule has 0 N–H and O–H groups in total. The molecule has 0 amide bonds. The van der Waals surface area contributed by atoms with Gasteiger partial charge in [-0.3, -0.25) is 0 Å². The van der Waals surface area contributed by atoms with Crippen LogP contribution in [0.15, 0.2) is 36.5 Å². The summed E-state index contributed by atoms with van der Waals surface area (Å²) in [5.74, 6) is 0.693. The van der Waals surface area contributed by atoms with Crippen LogP contribution in [-0.4, -0.2) is 11.6 Å². The second-order valence-electron chi connectivity index (χ2n) is 3.45. The first-order valence-corrected chi connectivity index (χ1v) is 6.00. The van der Waals surface area contributed by atoms with Crippen molar-refractivity contribution in [3.63, 3.8) is 0 Å². The lowest BCUT2D eigenvalue weighted by Crippen LogP contribution is -1.92. The van der Waals surface area contributed by atoms with Gasteiger partial charge < -0.3 is 4.74 Å². The number of aromatic nitrogens is 1. The highest BCUT2D eigenvalue weighted by molar-refractivity contribution is 6.32. The molecular weight excluding hydrogens is 257 g/mol. The van der Waals surface area contributed by atoms with Gasteiger partial charge in [0, 0.05) is 6.20 Å². The summed E-state index contributed by atoms with van der Waals surface area (Å²) in [6.07, 6.45) is 1.67. The van der Waals surface area contributed by atoms with Gasteiger partial charge in [-0.05, 0) is 42.3 Å². The molecule has 0 atom stereocenters. The van der Waals surface area contributed by atoms with Crippen molar-refractivity contribution < 1.29 is 4.74 Å². The van der Waals surface area contributed by atoms with E-state index in [1.165, 1.54) is 0 Å². The maximum absolute atomic E-state index is 6.12. The van der Waals surface area contributed by atoms with Crippen LogP contribution in [0.2, 0.25) is 10.2 Å². The summed E-state index contributed by atoms with van der Waals surface area (Å²) in [6, 6.07) is 9.35. The Morgan fingerprint density at radius 1 is 1.12 bits per heavy atom. The van der Waals surface area contributed by atoms with E-state index in [0.29, 0.717) is 22.5 Å². The van der Waals surface area contributed by atoms with E-state index in [1.54, 1.807) is 12.3 Å². The fourth-order valence-corrected chi connectivity index (χ4v) is 1.94. The molecule has 0 aliphatic carbocycles. The molecule has 2 nitrogen and oxygen atoms in total. The Morgan fingerprint density at radius 3 is 2.53 bits per heavy atom. The molecule has 0 aliphatic rings. The average molecular weight is 268 g/mol. The SMILES string of the molecule is CCOc1ccc(-c2ccnc(Cl)c2)cc1Cl. The largest absolute Gasteiger partial charge is 0.492 e. The molecule has 0 spiro atoms. The van der Waals surface area contributed by atoms with Crippen LogP contribution < -0.4 is 4.74 Å². The third-order valence-corrected chi connectivity index (χ3v) is 2.79. The smallest absolute Gasteiger partial charge is 0.137 e. The number of halogens is 2. The number of hydrogen-bond acceptors (Lipinski definition) is 2. The normalized spacial score (nSPS) is 10.3. The Balaban J connectivity index is 2.37. The van der Waals surface area contributed by atoms with Crippen molar-refractivity contribution in [1.29, 1.82) is 0 Å². The molecule has 0 saturated heterocycles. The van der Waals surface area contributed by atoms with Gasteiger partial charge >= 0.3 is 0 Å². The lowest BCUT2D eigenvalue weighted by Gasteiger charge is -2.08. The van der Waals surface area contributed by atoms with Crippen LogP contribution in [0.25, 0.3) is 11.1 Å². The number of ether oxygens (including phenoxy) is 1. The minimum absolute atomic E-state index is 0.465. The molecule has 2 rings (SSSR count). The fraction of sp³-hybridized carbons (Fsp3) is 0.154. The van der Waals surface area contributed by atoms with Crippen molar-refractivity contribution in [2.45, 2.75) is 6.92 Å². The maximum Gasteiger partial charge on any atom is 0.137 e. The number of hydrogen-bond donors (Lipinski definition) is 0. The van der Waals surface area contributed by atoms with Crippen LogP contribution in [0.1, 0.15) is 6.92 Å². The van der Waals surface area contributed by atoms with E-state index in [0.717, 1.165) is 11.1 Å². The van der Waals surface area contributed by atoms with Crippen molar-refractivity contribution in [3.05, 3.63) is 46.7 Å². The van der Waals surface area contributed by atoms with E-state index in [9.17, 15) is 0 Å². The molecular formula is C13H11Cl2NO. The summed E-state index contributed by atoms with van der Waals surface area (Å²) >= 11 is 12.0. The molecule has 1 aromatic heterocycles. The van der Waals surface area contributed by atoms with Crippen molar-refractivity contribution in [2.24, 2.45) is 0 Å². The Hall–Kier alpha value is -1.25. The van der Waals surface area contributed by atoms with E-state index in [2.05, 4.69) is 4.98 Å². The predicted octanol–water partition coefficient (Wildman–Crippen LogP) is 4.45. The van der Waals surface area contributed by atoms with Crippen LogP contribution in [0.5, 0.6) is 5.75 Å². The lowest BCUT2D eigenvalue weighted by atomic mass is 10.1. The van der Waals surface area contributed by atoms with Gasteiger partial charge in [0.2, 0.25) is 0 Å². The Kier molecular flexibility index (Phi) is 3.87. The van der Waals surface area contributed by atoms with E-state index < -0.39 is 0 Å². The first kappa shape index (κ1) is 12.2. The van der Waals surface area contributed by atoms with Crippen LogP contribution in [0.4, 0.5) is 0 Å². The third-order valence-electron chi connectivity index (χ3n) is 2.29. The Bertz CT molecular complexity index is 529. The summed E-state index contributed by atoms with van der Waals surface area (Å²) in [6.45, 7) is 2.52. The van der Waals surface area contributed by atoms with Crippen molar-refractivity contribution in [3.8, 4) is 16.9 Å². The summed E-state index contributed by atoms with van der Waals surface area (Å²) in [7, 11) is 0. The predicted molar refractivity (Wildman–Crippen MR) is 70.9 cm³/mol. The van der Waals surface area contributed by atoms with Gasteiger partial charge in [-0.2, -0.15) is 0 Å². The lowest BCUT2D eigenvalue weighted by molar-refractivity contribution is 0.340. The second-order valence-corrected chi connectivity index (χ2v) is 4.24. The zero-order chi connectivity index (χ0) is 12.3. The number of rotatable bonds is 3. The number of benzene rings is 1. The van der Waals surface area contributed by atoms with Crippen LogP contribution in [-0.2, 0) is 0 Å². The Morgan fingerprint density at radius 2 is 1.88 bits per heavy atom. The fourth-order valence-electron chi connectivity index (χ4n) is 1.53. The van der Waals surface area contributed by atoms with Gasteiger partial charge in [-0.25, -0.2) is 4.98 Å². The maximum atomic E-state index is 6.12. The highest BCUT2D eigenvalue weighted by Crippen LogP contribution is 2.30. The third kappa shape index (κ3) is 2.90. The standard InChI is InChI=1S/C13H11Cl2NO/c1-2-17-12-4-3-9(7-11(12)14)10-5-6-16-13(15)8-10/h3-8H,2H2,1H3. The summed E-state index contributed by atoms with van der Waals surface area (Å²) in [5, 5.41) is 1.06. The molecule has 0 radical (unpaired) electrons. The molecule has 17 heavy (non-hydrogen) atoms. The Labute approximate surface area is 110 Å². The van der Waals surface area contributed by atoms with Crippen molar-refractivity contribution in [1.82, 2.24) is 4.98 Å². The van der Waals surface area contributed by atoms with Gasteiger partial charge in [0.15, 0.2) is 0 Å². The van der Waals surface area contributed by atoms with E-state index in [4.69, 9.17) is 27.9 Å². The summed E-state index contributed by atoms with van der Waals surface area (Å²) in [5.41, 5.74) is 1.97. The zero-order valence-corrected chi connectivity index (χ0v) is 10.8. The molecule has 0 saturated carbocycles. The van der Waals surface area contributed by atoms with Gasteiger partial charge in [-0.1, -0.05) is 29.3 Å². The first-order chi connectivity index (χ1) is 8.20.